The Bertz CT molecular complexity index is 539. The van der Waals surface area contributed by atoms with E-state index < -0.39 is 0 Å². The van der Waals surface area contributed by atoms with Crippen molar-refractivity contribution in [2.75, 3.05) is 13.2 Å². The lowest BCUT2D eigenvalue weighted by molar-refractivity contribution is 0.313. The van der Waals surface area contributed by atoms with Gasteiger partial charge in [0.15, 0.2) is 0 Å². The van der Waals surface area contributed by atoms with Crippen LogP contribution in [0.15, 0.2) is 34.9 Å². The topological polar surface area (TPSA) is 53.1 Å². The van der Waals surface area contributed by atoms with Crippen molar-refractivity contribution in [2.45, 2.75) is 12.8 Å². The summed E-state index contributed by atoms with van der Waals surface area (Å²) in [4.78, 5) is 0. The van der Waals surface area contributed by atoms with Crippen LogP contribution in [-0.4, -0.2) is 22.9 Å². The van der Waals surface area contributed by atoms with Crippen LogP contribution in [0.3, 0.4) is 0 Å². The maximum Gasteiger partial charge on any atom is 0.136 e. The van der Waals surface area contributed by atoms with Gasteiger partial charge in [0, 0.05) is 25.4 Å². The molecule has 2 rings (SSSR count). The Labute approximate surface area is 121 Å². The van der Waals surface area contributed by atoms with Crippen LogP contribution in [0.1, 0.15) is 11.3 Å². The fourth-order valence-corrected chi connectivity index (χ4v) is 2.49. The molecule has 0 atom stereocenters. The van der Waals surface area contributed by atoms with Gasteiger partial charge in [-0.1, -0.05) is 12.1 Å². The van der Waals surface area contributed by atoms with E-state index in [9.17, 15) is 0 Å². The van der Waals surface area contributed by atoms with Crippen molar-refractivity contribution in [2.24, 2.45) is 12.8 Å². The lowest BCUT2D eigenvalue weighted by Crippen LogP contribution is -2.09. The number of rotatable bonds is 6. The SMILES string of the molecule is Cn1nccc1CCOc1c(Br)cccc1CCN. The van der Waals surface area contributed by atoms with Crippen molar-refractivity contribution in [3.05, 3.63) is 46.2 Å². The first-order chi connectivity index (χ1) is 9.22. The summed E-state index contributed by atoms with van der Waals surface area (Å²) in [6, 6.07) is 8.05. The van der Waals surface area contributed by atoms with Crippen LogP contribution in [0.4, 0.5) is 0 Å². The second kappa shape index (κ2) is 6.73. The van der Waals surface area contributed by atoms with E-state index in [-0.39, 0.29) is 0 Å². The van der Waals surface area contributed by atoms with Gasteiger partial charge in [-0.2, -0.15) is 5.10 Å². The minimum absolute atomic E-state index is 0.620. The van der Waals surface area contributed by atoms with E-state index in [0.717, 1.165) is 34.3 Å². The molecule has 19 heavy (non-hydrogen) atoms. The van der Waals surface area contributed by atoms with Crippen molar-refractivity contribution in [1.29, 1.82) is 0 Å². The zero-order valence-corrected chi connectivity index (χ0v) is 12.6. The molecule has 0 saturated carbocycles. The third-order valence-electron chi connectivity index (χ3n) is 2.99. The Morgan fingerprint density at radius 1 is 1.32 bits per heavy atom. The first-order valence-electron chi connectivity index (χ1n) is 6.29. The molecule has 1 aromatic heterocycles. The average molecular weight is 324 g/mol. The molecule has 0 unspecified atom stereocenters. The number of ether oxygens (including phenoxy) is 1. The summed E-state index contributed by atoms with van der Waals surface area (Å²) in [6.07, 6.45) is 3.45. The molecular weight excluding hydrogens is 306 g/mol. The highest BCUT2D eigenvalue weighted by atomic mass is 79.9. The van der Waals surface area contributed by atoms with Gasteiger partial charge in [-0.25, -0.2) is 0 Å². The van der Waals surface area contributed by atoms with Crippen LogP contribution in [0.5, 0.6) is 5.75 Å². The molecule has 1 heterocycles. The number of benzene rings is 1. The highest BCUT2D eigenvalue weighted by Gasteiger charge is 2.08. The Balaban J connectivity index is 2.01. The monoisotopic (exact) mass is 323 g/mol. The number of hydrogen-bond donors (Lipinski definition) is 1. The van der Waals surface area contributed by atoms with Crippen LogP contribution in [0, 0.1) is 0 Å². The molecule has 102 valence electrons. The van der Waals surface area contributed by atoms with Crippen LogP contribution in [0.25, 0.3) is 0 Å². The van der Waals surface area contributed by atoms with Gasteiger partial charge in [-0.3, -0.25) is 4.68 Å². The molecule has 2 aromatic rings. The van der Waals surface area contributed by atoms with Gasteiger partial charge in [-0.15, -0.1) is 0 Å². The molecule has 0 aliphatic heterocycles. The number of aryl methyl sites for hydroxylation is 1. The molecule has 0 aliphatic rings. The third-order valence-corrected chi connectivity index (χ3v) is 3.61. The number of nitrogens with zero attached hydrogens (tertiary/aromatic N) is 2. The van der Waals surface area contributed by atoms with Crippen molar-refractivity contribution < 1.29 is 4.74 Å². The zero-order valence-electron chi connectivity index (χ0n) is 11.0. The van der Waals surface area contributed by atoms with Crippen LogP contribution in [0.2, 0.25) is 0 Å². The summed E-state index contributed by atoms with van der Waals surface area (Å²) in [7, 11) is 1.94. The predicted octanol–water partition coefficient (Wildman–Crippen LogP) is 2.31. The van der Waals surface area contributed by atoms with Crippen molar-refractivity contribution in [1.82, 2.24) is 9.78 Å². The van der Waals surface area contributed by atoms with Gasteiger partial charge in [-0.05, 0) is 46.6 Å². The normalized spacial score (nSPS) is 10.7. The van der Waals surface area contributed by atoms with E-state index in [0.29, 0.717) is 13.2 Å². The highest BCUT2D eigenvalue weighted by Crippen LogP contribution is 2.29. The lowest BCUT2D eigenvalue weighted by Gasteiger charge is -2.13. The minimum Gasteiger partial charge on any atom is -0.492 e. The summed E-state index contributed by atoms with van der Waals surface area (Å²) in [5, 5.41) is 4.14. The molecule has 0 bridgehead atoms. The van der Waals surface area contributed by atoms with E-state index in [1.807, 2.05) is 29.9 Å². The fourth-order valence-electron chi connectivity index (χ4n) is 1.97. The second-order valence-electron chi connectivity index (χ2n) is 4.31. The molecule has 4 nitrogen and oxygen atoms in total. The van der Waals surface area contributed by atoms with Gasteiger partial charge in [0.2, 0.25) is 0 Å². The Hall–Kier alpha value is -1.33. The standard InChI is InChI=1S/C14H18BrN3O/c1-18-12(6-9-17-18)7-10-19-14-11(5-8-16)3-2-4-13(14)15/h2-4,6,9H,5,7-8,10,16H2,1H3. The number of para-hydroxylation sites is 1. The summed E-state index contributed by atoms with van der Waals surface area (Å²) in [5.41, 5.74) is 7.92. The number of halogens is 1. The van der Waals surface area contributed by atoms with Gasteiger partial charge >= 0.3 is 0 Å². The van der Waals surface area contributed by atoms with Crippen LogP contribution < -0.4 is 10.5 Å². The summed E-state index contributed by atoms with van der Waals surface area (Å²) in [6.45, 7) is 1.24. The van der Waals surface area contributed by atoms with Crippen molar-refractivity contribution in [3.8, 4) is 5.75 Å². The predicted molar refractivity (Wildman–Crippen MR) is 79.3 cm³/mol. The largest absolute Gasteiger partial charge is 0.492 e. The average Bonchev–Trinajstić information content (AvgIpc) is 2.79. The Morgan fingerprint density at radius 3 is 2.84 bits per heavy atom. The Kier molecular flexibility index (Phi) is 4.99. The quantitative estimate of drug-likeness (QED) is 0.887. The zero-order chi connectivity index (χ0) is 13.7. The summed E-state index contributed by atoms with van der Waals surface area (Å²) in [5.74, 6) is 0.898. The lowest BCUT2D eigenvalue weighted by atomic mass is 10.1. The van der Waals surface area contributed by atoms with Gasteiger partial charge < -0.3 is 10.5 Å². The number of aromatic nitrogens is 2. The van der Waals surface area contributed by atoms with Crippen molar-refractivity contribution >= 4 is 15.9 Å². The maximum atomic E-state index is 5.91. The molecule has 1 aromatic carbocycles. The minimum atomic E-state index is 0.620. The van der Waals surface area contributed by atoms with Gasteiger partial charge in [0.25, 0.3) is 0 Å². The molecule has 0 saturated heterocycles. The third kappa shape index (κ3) is 3.58. The molecular formula is C14H18BrN3O. The van der Waals surface area contributed by atoms with E-state index in [1.165, 1.54) is 0 Å². The smallest absolute Gasteiger partial charge is 0.136 e. The van der Waals surface area contributed by atoms with E-state index >= 15 is 0 Å². The molecule has 0 aliphatic carbocycles. The Morgan fingerprint density at radius 2 is 2.16 bits per heavy atom. The number of nitrogens with two attached hydrogens (primary N) is 1. The molecule has 0 fully saturated rings. The van der Waals surface area contributed by atoms with Crippen LogP contribution in [-0.2, 0) is 19.9 Å². The molecule has 5 heteroatoms. The van der Waals surface area contributed by atoms with Crippen LogP contribution >= 0.6 is 15.9 Å². The summed E-state index contributed by atoms with van der Waals surface area (Å²) < 4.78 is 8.75. The van der Waals surface area contributed by atoms with E-state index in [4.69, 9.17) is 10.5 Å². The van der Waals surface area contributed by atoms with E-state index in [1.54, 1.807) is 6.20 Å². The highest BCUT2D eigenvalue weighted by molar-refractivity contribution is 9.10. The van der Waals surface area contributed by atoms with E-state index in [2.05, 4.69) is 27.1 Å². The second-order valence-corrected chi connectivity index (χ2v) is 5.17. The molecule has 0 radical (unpaired) electrons. The number of hydrogen-bond acceptors (Lipinski definition) is 3. The first-order valence-corrected chi connectivity index (χ1v) is 7.09. The first kappa shape index (κ1) is 14.1. The molecule has 0 spiro atoms. The molecule has 2 N–H and O–H groups in total. The van der Waals surface area contributed by atoms with Gasteiger partial charge in [0.1, 0.15) is 5.75 Å². The summed E-state index contributed by atoms with van der Waals surface area (Å²) >= 11 is 3.53. The molecule has 0 amide bonds. The van der Waals surface area contributed by atoms with Crippen molar-refractivity contribution in [3.63, 3.8) is 0 Å². The maximum absolute atomic E-state index is 5.91. The van der Waals surface area contributed by atoms with Gasteiger partial charge in [0.05, 0.1) is 11.1 Å². The fraction of sp³-hybridized carbons (Fsp3) is 0.357.